The lowest BCUT2D eigenvalue weighted by molar-refractivity contribution is -0.140. The minimum Gasteiger partial charge on any atom is -0.461 e. The molecular formula is C35H39Cl2F5N8O3. The van der Waals surface area contributed by atoms with Gasteiger partial charge in [-0.2, -0.15) is 28.2 Å². The molecule has 0 unspecified atom stereocenters. The summed E-state index contributed by atoms with van der Waals surface area (Å²) < 4.78 is 86.1. The van der Waals surface area contributed by atoms with E-state index in [9.17, 15) is 22.4 Å². The van der Waals surface area contributed by atoms with Crippen LogP contribution in [0.4, 0.5) is 33.5 Å². The molecule has 0 aliphatic carbocycles. The topological polar surface area (TPSA) is 115 Å². The van der Waals surface area contributed by atoms with Crippen LogP contribution < -0.4 is 15.4 Å². The maximum Gasteiger partial charge on any atom is 0.418 e. The number of rotatable bonds is 8. The number of hydrogen-bond donors (Lipinski definition) is 1. The highest BCUT2D eigenvalue weighted by Crippen LogP contribution is 2.47. The maximum atomic E-state index is 15.5. The minimum atomic E-state index is -5.00. The molecule has 0 spiro atoms. The fraction of sp³-hybridized carbons (Fsp3) is 0.543. The van der Waals surface area contributed by atoms with Gasteiger partial charge in [-0.1, -0.05) is 23.2 Å². The molecule has 4 aliphatic heterocycles. The van der Waals surface area contributed by atoms with Gasteiger partial charge < -0.3 is 25.0 Å². The quantitative estimate of drug-likeness (QED) is 0.193. The van der Waals surface area contributed by atoms with E-state index in [1.165, 1.54) is 0 Å². The summed E-state index contributed by atoms with van der Waals surface area (Å²) in [7, 11) is 0. The highest BCUT2D eigenvalue weighted by atomic mass is 35.5. The van der Waals surface area contributed by atoms with E-state index in [4.69, 9.17) is 43.4 Å². The van der Waals surface area contributed by atoms with Crippen molar-refractivity contribution in [2.24, 2.45) is 0 Å². The Labute approximate surface area is 312 Å². The molecule has 11 nitrogen and oxygen atoms in total. The molecule has 6 heterocycles. The molecule has 2 saturated heterocycles. The van der Waals surface area contributed by atoms with Crippen molar-refractivity contribution in [3.05, 3.63) is 67.6 Å². The zero-order chi connectivity index (χ0) is 37.8. The summed E-state index contributed by atoms with van der Waals surface area (Å²) in [6, 6.07) is 0.697. The summed E-state index contributed by atoms with van der Waals surface area (Å²) in [5, 5.41) is 4.04. The predicted octanol–water partition coefficient (Wildman–Crippen LogP) is 6.90. The largest absolute Gasteiger partial charge is 0.461 e. The van der Waals surface area contributed by atoms with E-state index >= 15 is 4.39 Å². The number of aryl methyl sites for hydroxylation is 1. The number of nitrogens with zero attached hydrogens (tertiary/aromatic N) is 7. The van der Waals surface area contributed by atoms with E-state index in [2.05, 4.69) is 15.0 Å². The van der Waals surface area contributed by atoms with Crippen molar-refractivity contribution in [2.45, 2.75) is 83.5 Å². The Morgan fingerprint density at radius 3 is 2.66 bits per heavy atom. The minimum absolute atomic E-state index is 0.0401. The normalized spacial score (nSPS) is 22.5. The molecule has 1 amide bonds. The molecule has 2 atom stereocenters. The van der Waals surface area contributed by atoms with Crippen molar-refractivity contribution in [3.63, 3.8) is 0 Å². The van der Waals surface area contributed by atoms with Crippen LogP contribution in [-0.4, -0.2) is 80.3 Å². The van der Waals surface area contributed by atoms with E-state index in [-0.39, 0.29) is 48.8 Å². The van der Waals surface area contributed by atoms with Crippen LogP contribution in [-0.2, 0) is 37.0 Å². The van der Waals surface area contributed by atoms with E-state index in [1.807, 2.05) is 18.7 Å². The summed E-state index contributed by atoms with van der Waals surface area (Å²) >= 11 is 12.9. The fourth-order valence-electron chi connectivity index (χ4n) is 8.11. The number of anilines is 2. The van der Waals surface area contributed by atoms with Gasteiger partial charge in [-0.15, -0.1) is 0 Å². The number of fused-ring (bicyclic) bond motifs is 3. The Hall–Kier alpha value is -3.73. The summed E-state index contributed by atoms with van der Waals surface area (Å²) in [4.78, 5) is 28.5. The number of benzene rings is 1. The summed E-state index contributed by atoms with van der Waals surface area (Å²) in [6.45, 7) is 6.98. The van der Waals surface area contributed by atoms with Gasteiger partial charge in [0.15, 0.2) is 11.5 Å². The SMILES string of the molecule is CCN(CC)C(=O)c1nn2c(c1Cl)CN(c1nc(OC[C@@]34CCCN3C/C(=C\F)C4)nc3c1CO[C@H](c1c(F)c(N)cc(Cl)c1C(F)(F)F)C3)CCC2. The van der Waals surface area contributed by atoms with Crippen LogP contribution in [0.1, 0.15) is 84.2 Å². The van der Waals surface area contributed by atoms with Crippen LogP contribution in [0.2, 0.25) is 10.0 Å². The molecular weight excluding hydrogens is 746 g/mol. The monoisotopic (exact) mass is 784 g/mol. The second kappa shape index (κ2) is 14.5. The van der Waals surface area contributed by atoms with E-state index in [1.54, 1.807) is 9.58 Å². The molecule has 2 aromatic heterocycles. The zero-order valence-corrected chi connectivity index (χ0v) is 30.7. The van der Waals surface area contributed by atoms with Gasteiger partial charge in [-0.25, -0.2) is 8.78 Å². The number of nitrogen functional groups attached to an aromatic ring is 1. The fourth-order valence-corrected chi connectivity index (χ4v) is 8.71. The van der Waals surface area contributed by atoms with Crippen molar-refractivity contribution in [3.8, 4) is 6.01 Å². The molecule has 18 heteroatoms. The van der Waals surface area contributed by atoms with Crippen molar-refractivity contribution in [1.29, 1.82) is 0 Å². The Balaban J connectivity index is 1.28. The number of carbonyl (C=O) groups is 1. The van der Waals surface area contributed by atoms with E-state index in [0.717, 1.165) is 25.5 Å². The Morgan fingerprint density at radius 1 is 1.17 bits per heavy atom. The van der Waals surface area contributed by atoms with Crippen molar-refractivity contribution < 1.29 is 36.2 Å². The van der Waals surface area contributed by atoms with E-state index in [0.29, 0.717) is 80.2 Å². The molecule has 4 aliphatic rings. The highest BCUT2D eigenvalue weighted by molar-refractivity contribution is 6.34. The van der Waals surface area contributed by atoms with Gasteiger partial charge in [0.05, 0.1) is 63.8 Å². The number of hydrogen-bond acceptors (Lipinski definition) is 9. The van der Waals surface area contributed by atoms with Gasteiger partial charge in [-0.05, 0) is 57.7 Å². The van der Waals surface area contributed by atoms with Gasteiger partial charge in [0, 0.05) is 50.3 Å². The van der Waals surface area contributed by atoms with Gasteiger partial charge in [0.1, 0.15) is 12.4 Å². The lowest BCUT2D eigenvalue weighted by Crippen LogP contribution is -2.43. The molecule has 53 heavy (non-hydrogen) atoms. The van der Waals surface area contributed by atoms with Crippen molar-refractivity contribution in [2.75, 3.05) is 50.0 Å². The highest BCUT2D eigenvalue weighted by Gasteiger charge is 2.48. The van der Waals surface area contributed by atoms with Crippen LogP contribution in [0.5, 0.6) is 6.01 Å². The second-order valence-electron chi connectivity index (χ2n) is 13.9. The number of alkyl halides is 3. The van der Waals surface area contributed by atoms with Crippen LogP contribution in [0.15, 0.2) is 18.0 Å². The average molecular weight is 786 g/mol. The third-order valence-corrected chi connectivity index (χ3v) is 11.4. The van der Waals surface area contributed by atoms with Gasteiger partial charge in [0.25, 0.3) is 5.91 Å². The molecule has 2 fully saturated rings. The number of carbonyl (C=O) groups excluding carboxylic acids is 1. The number of aromatic nitrogens is 4. The standard InChI is InChI=1S/C35H39Cl2F5N8O3/c1-3-47(4-2)32(51)30-28(37)24-16-48(8-6-10-50(24)46-30)31-20-17-52-25(26-27(35(40,41)42)21(36)11-22(43)29(26)39)12-23(20)44-33(45-31)53-18-34-7-5-9-49(34)15-19(13-34)14-38/h11,14,25H,3-10,12-13,15-18,43H2,1-2H3/b19-14-/t25-,34-/m0/s1. The molecule has 1 aromatic carbocycles. The zero-order valence-electron chi connectivity index (χ0n) is 29.2. The third kappa shape index (κ3) is 6.80. The number of halogens is 7. The smallest absolute Gasteiger partial charge is 0.418 e. The molecule has 3 aromatic rings. The van der Waals surface area contributed by atoms with Gasteiger partial charge >= 0.3 is 12.2 Å². The van der Waals surface area contributed by atoms with Crippen LogP contribution in [0.3, 0.4) is 0 Å². The first-order valence-electron chi connectivity index (χ1n) is 17.6. The van der Waals surface area contributed by atoms with Crippen molar-refractivity contribution in [1.82, 2.24) is 29.5 Å². The molecule has 0 bridgehead atoms. The maximum absolute atomic E-state index is 15.5. The third-order valence-electron chi connectivity index (χ3n) is 10.7. The summed E-state index contributed by atoms with van der Waals surface area (Å²) in [5.41, 5.74) is 4.76. The summed E-state index contributed by atoms with van der Waals surface area (Å²) in [6.07, 6.45) is -3.33. The Morgan fingerprint density at radius 2 is 1.94 bits per heavy atom. The van der Waals surface area contributed by atoms with Gasteiger partial charge in [0.2, 0.25) is 0 Å². The molecule has 2 N–H and O–H groups in total. The lowest BCUT2D eigenvalue weighted by atomic mass is 9.93. The van der Waals surface area contributed by atoms with E-state index < -0.39 is 45.5 Å². The van der Waals surface area contributed by atoms with Crippen molar-refractivity contribution >= 4 is 40.6 Å². The number of nitrogens with two attached hydrogens (primary N) is 1. The molecule has 7 rings (SSSR count). The van der Waals surface area contributed by atoms with Crippen LogP contribution in [0.25, 0.3) is 0 Å². The number of amides is 1. The number of ether oxygens (including phenoxy) is 2. The predicted molar refractivity (Wildman–Crippen MR) is 187 cm³/mol. The lowest BCUT2D eigenvalue weighted by Gasteiger charge is -2.33. The summed E-state index contributed by atoms with van der Waals surface area (Å²) in [5.74, 6) is -1.17. The Bertz CT molecular complexity index is 1960. The first kappa shape index (κ1) is 37.6. The Kier molecular flexibility index (Phi) is 10.3. The average Bonchev–Trinajstić information content (AvgIpc) is 3.72. The molecule has 0 radical (unpaired) electrons. The van der Waals surface area contributed by atoms with Gasteiger partial charge in [-0.3, -0.25) is 14.4 Å². The van der Waals surface area contributed by atoms with Crippen LogP contribution in [0, 0.1) is 5.82 Å². The molecule has 0 saturated carbocycles. The van der Waals surface area contributed by atoms with Crippen LogP contribution >= 0.6 is 23.2 Å². The molecule has 286 valence electrons. The second-order valence-corrected chi connectivity index (χ2v) is 14.7. The first-order chi connectivity index (χ1) is 25.3. The first-order valence-corrected chi connectivity index (χ1v) is 18.3.